The Kier molecular flexibility index (Phi) is 16.6. The summed E-state index contributed by atoms with van der Waals surface area (Å²) in [5.41, 5.74) is 7.28. The molecule has 0 atom stereocenters. The fraction of sp³-hybridized carbons (Fsp3) is 0.119. The quantitative estimate of drug-likeness (QED) is 0.0674. The molecule has 8 aromatic carbocycles. The van der Waals surface area contributed by atoms with E-state index in [1.165, 1.54) is 64.2 Å². The minimum absolute atomic E-state index is 0. The molecule has 0 nitrogen and oxygen atoms in total. The summed E-state index contributed by atoms with van der Waals surface area (Å²) in [7, 11) is -5.31. The van der Waals surface area contributed by atoms with Crippen LogP contribution in [0.25, 0.3) is 22.3 Å². The van der Waals surface area contributed by atoms with Gasteiger partial charge in [-0.3, -0.25) is 11.8 Å². The van der Waals surface area contributed by atoms with Crippen LogP contribution in [0.15, 0.2) is 206 Å². The van der Waals surface area contributed by atoms with Gasteiger partial charge in [-0.25, -0.2) is 0 Å². The normalized spacial score (nSPS) is 13.0. The predicted molar refractivity (Wildman–Crippen MR) is 285 cm³/mol. The molecule has 0 unspecified atom stereocenters. The first kappa shape index (κ1) is 50.1. The van der Waals surface area contributed by atoms with Crippen molar-refractivity contribution in [3.05, 3.63) is 230 Å². The van der Waals surface area contributed by atoms with Crippen molar-refractivity contribution in [2.24, 2.45) is 0 Å². The van der Waals surface area contributed by atoms with Gasteiger partial charge >= 0.3 is 44.8 Å². The second-order valence-electron chi connectivity index (χ2n) is 17.9. The van der Waals surface area contributed by atoms with Crippen LogP contribution >= 0.6 is 15.8 Å². The van der Waals surface area contributed by atoms with Crippen LogP contribution in [0.3, 0.4) is 0 Å². The van der Waals surface area contributed by atoms with Gasteiger partial charge in [-0.15, -0.1) is 33.6 Å². The van der Waals surface area contributed by atoms with Gasteiger partial charge in [0, 0.05) is 13.8 Å². The molecule has 328 valence electrons. The van der Waals surface area contributed by atoms with E-state index in [9.17, 15) is 0 Å². The van der Waals surface area contributed by atoms with Gasteiger partial charge in [0.2, 0.25) is 0 Å². The van der Waals surface area contributed by atoms with E-state index in [-0.39, 0.29) is 49.7 Å². The van der Waals surface area contributed by atoms with Crippen LogP contribution in [0.1, 0.15) is 25.0 Å². The Hall–Kier alpha value is -4.35. The summed E-state index contributed by atoms with van der Waals surface area (Å²) in [6.45, 7) is 14.5. The van der Waals surface area contributed by atoms with Crippen LogP contribution in [-0.2, 0) is 44.8 Å². The number of rotatable bonds is 6. The molecule has 0 spiro atoms. The molecule has 8 aromatic rings. The van der Waals surface area contributed by atoms with E-state index in [1.807, 2.05) is 24.3 Å². The average Bonchev–Trinajstić information content (AvgIpc) is 3.71. The molecule has 0 fully saturated rings. The molecule has 0 aliphatic carbocycles. The zero-order valence-corrected chi connectivity index (χ0v) is 46.1. The number of benzene rings is 8. The first-order chi connectivity index (χ1) is 30.5. The first-order valence-corrected chi connectivity index (χ1v) is 30.8. The SMILES string of the molecule is CC(C)([PH+](c1ccccc1)c1ccccc1)[PH+](c1ccccc1)c1ccccc1.[Au+].[Au+].[C-]#Cc1cccc2c1[Si](C)(C)c1ccccc1-2.[C-]#Cc1cccc2c1[Si](C)(C)c1ccccc1-2. The van der Waals surface area contributed by atoms with Gasteiger partial charge in [-0.2, -0.15) is 0 Å². The molecular formula is C59H54Au2P2Si2+2. The summed E-state index contributed by atoms with van der Waals surface area (Å²) in [5, 5.41) is 11.7. The molecule has 0 aromatic heterocycles. The topological polar surface area (TPSA) is 0 Å². The average molecular weight is 1280 g/mol. The molecule has 6 heteroatoms. The van der Waals surface area contributed by atoms with E-state index >= 15 is 0 Å². The molecule has 0 saturated carbocycles. The van der Waals surface area contributed by atoms with Crippen molar-refractivity contribution in [3.63, 3.8) is 0 Å². The molecule has 10 rings (SSSR count). The van der Waals surface area contributed by atoms with Crippen molar-refractivity contribution < 1.29 is 44.8 Å². The Balaban J connectivity index is 0.000000168. The number of fused-ring (bicyclic) bond motifs is 6. The van der Waals surface area contributed by atoms with Crippen molar-refractivity contribution in [2.45, 2.75) is 44.9 Å². The Morgan fingerprint density at radius 1 is 0.354 bits per heavy atom. The number of hydrogen-bond donors (Lipinski definition) is 0. The van der Waals surface area contributed by atoms with E-state index in [2.05, 4.69) is 234 Å². The molecule has 2 aliphatic heterocycles. The molecule has 0 saturated heterocycles. The summed E-state index contributed by atoms with van der Waals surface area (Å²) in [5.74, 6) is 5.21. The van der Waals surface area contributed by atoms with Crippen LogP contribution in [-0.4, -0.2) is 21.0 Å². The van der Waals surface area contributed by atoms with Crippen molar-refractivity contribution in [1.82, 2.24) is 0 Å². The van der Waals surface area contributed by atoms with Crippen molar-refractivity contribution in [3.8, 4) is 34.1 Å². The van der Waals surface area contributed by atoms with Crippen LogP contribution in [0.2, 0.25) is 26.2 Å². The Bertz CT molecular complexity index is 2670. The van der Waals surface area contributed by atoms with Crippen LogP contribution in [0, 0.1) is 24.7 Å². The van der Waals surface area contributed by atoms with Crippen molar-refractivity contribution >= 4 is 74.0 Å². The summed E-state index contributed by atoms with van der Waals surface area (Å²) in [6, 6.07) is 74.4. The van der Waals surface area contributed by atoms with Crippen LogP contribution in [0.4, 0.5) is 0 Å². The van der Waals surface area contributed by atoms with E-state index < -0.39 is 32.0 Å². The minimum atomic E-state index is -1.63. The molecule has 0 radical (unpaired) electrons. The second-order valence-corrected chi connectivity index (χ2v) is 33.3. The van der Waals surface area contributed by atoms with E-state index in [0.29, 0.717) is 0 Å². The molecule has 2 heterocycles. The van der Waals surface area contributed by atoms with E-state index in [0.717, 1.165) is 11.1 Å². The number of hydrogen-bond acceptors (Lipinski definition) is 0. The Labute approximate surface area is 424 Å². The second kappa shape index (κ2) is 21.5. The third kappa shape index (κ3) is 9.88. The summed E-state index contributed by atoms with van der Waals surface area (Å²) in [4.78, 5) is 0.154. The van der Waals surface area contributed by atoms with Crippen LogP contribution < -0.4 is 42.0 Å². The van der Waals surface area contributed by atoms with Gasteiger partial charge in [0.15, 0.2) is 4.90 Å². The van der Waals surface area contributed by atoms with Gasteiger partial charge in [0.05, 0.1) is 16.1 Å². The van der Waals surface area contributed by atoms with E-state index in [1.54, 1.807) is 0 Å². The monoisotopic (exact) mass is 1270 g/mol. The Morgan fingerprint density at radius 2 is 0.615 bits per heavy atom. The van der Waals surface area contributed by atoms with Gasteiger partial charge in [-0.1, -0.05) is 172 Å². The maximum atomic E-state index is 7.47. The molecule has 0 bridgehead atoms. The fourth-order valence-electron chi connectivity index (χ4n) is 10.2. The van der Waals surface area contributed by atoms with Gasteiger partial charge < -0.3 is 12.8 Å². The third-order valence-electron chi connectivity index (χ3n) is 12.9. The predicted octanol–water partition coefficient (Wildman–Crippen LogP) is 10.3. The van der Waals surface area contributed by atoms with Crippen LogP contribution in [0.5, 0.6) is 0 Å². The maximum Gasteiger partial charge on any atom is 1.00 e. The molecule has 65 heavy (non-hydrogen) atoms. The van der Waals surface area contributed by atoms with Gasteiger partial charge in [-0.05, 0) is 81.2 Å². The zero-order valence-electron chi connectivity index (χ0n) is 37.7. The zero-order chi connectivity index (χ0) is 44.2. The van der Waals surface area contributed by atoms with Crippen molar-refractivity contribution in [1.29, 1.82) is 0 Å². The maximum absolute atomic E-state index is 7.47. The largest absolute Gasteiger partial charge is 1.00 e. The standard InChI is InChI=1S/C27H26P2.2C16H13Si.2Au/c1-27(2,28(23-15-7-3-8-16-23)24-17-9-4-10-18-24)29(25-19-11-5-12-20-25)26-21-13-6-14-22-26;2*1-4-12-8-7-10-14-13-9-5-6-11-15(13)17(2,3)16(12)14;;/h3-22H,1-2H3;2*5-11H,2-3H3;;/q;2*-1;2*+1/p+2. The first-order valence-electron chi connectivity index (χ1n) is 21.8. The third-order valence-corrected chi connectivity index (χ3v) is 27.7. The summed E-state index contributed by atoms with van der Waals surface area (Å²) >= 11 is 0. The molecular weight excluding hydrogens is 1220 g/mol. The smallest absolute Gasteiger partial charge is 0.366 e. The minimum Gasteiger partial charge on any atom is -0.366 e. The van der Waals surface area contributed by atoms with E-state index in [4.69, 9.17) is 12.8 Å². The van der Waals surface area contributed by atoms with Crippen molar-refractivity contribution in [2.75, 3.05) is 0 Å². The molecule has 0 N–H and O–H groups in total. The fourth-order valence-corrected chi connectivity index (χ4v) is 25.4. The Morgan fingerprint density at radius 3 is 0.908 bits per heavy atom. The van der Waals surface area contributed by atoms with Gasteiger partial charge in [0.1, 0.15) is 37.1 Å². The molecule has 2 aliphatic rings. The summed E-state index contributed by atoms with van der Waals surface area (Å²) < 4.78 is 0. The summed E-state index contributed by atoms with van der Waals surface area (Å²) in [6.07, 6.45) is 14.9. The van der Waals surface area contributed by atoms with Gasteiger partial charge in [0.25, 0.3) is 0 Å². The molecule has 0 amide bonds.